The average Bonchev–Trinajstić information content (AvgIpc) is 2.48. The molecule has 1 aliphatic heterocycles. The quantitative estimate of drug-likeness (QED) is 0.569. The van der Waals surface area contributed by atoms with Gasteiger partial charge in [0.15, 0.2) is 0 Å². The molecular weight excluding hydrogens is 148 g/mol. The van der Waals surface area contributed by atoms with Crippen LogP contribution in [0.4, 0.5) is 0 Å². The second kappa shape index (κ2) is 2.51. The van der Waals surface area contributed by atoms with E-state index in [1.165, 1.54) is 22.3 Å². The zero-order valence-corrected chi connectivity index (χ0v) is 7.90. The minimum atomic E-state index is 0.862. The van der Waals surface area contributed by atoms with Gasteiger partial charge in [0.05, 0.1) is 6.61 Å². The van der Waals surface area contributed by atoms with Gasteiger partial charge in [-0.3, -0.25) is 0 Å². The van der Waals surface area contributed by atoms with Gasteiger partial charge >= 0.3 is 0 Å². The fourth-order valence-electron chi connectivity index (χ4n) is 1.87. The van der Waals surface area contributed by atoms with Gasteiger partial charge in [0.1, 0.15) is 5.75 Å². The predicted octanol–water partition coefficient (Wildman–Crippen LogP) is 2.55. The number of hydrogen-bond donors (Lipinski definition) is 0. The molecule has 0 saturated carbocycles. The van der Waals surface area contributed by atoms with Gasteiger partial charge in [0, 0.05) is 12.0 Å². The molecule has 0 spiro atoms. The highest BCUT2D eigenvalue weighted by Gasteiger charge is 2.17. The maximum absolute atomic E-state index is 5.59. The van der Waals surface area contributed by atoms with Crippen LogP contribution in [0.2, 0.25) is 0 Å². The van der Waals surface area contributed by atoms with E-state index in [9.17, 15) is 0 Å². The fourth-order valence-corrected chi connectivity index (χ4v) is 1.87. The first kappa shape index (κ1) is 7.66. The van der Waals surface area contributed by atoms with Gasteiger partial charge in [-0.05, 0) is 37.5 Å². The normalized spacial score (nSPS) is 14.2. The summed E-state index contributed by atoms with van der Waals surface area (Å²) in [5.41, 5.74) is 5.45. The van der Waals surface area contributed by atoms with E-state index in [4.69, 9.17) is 4.74 Å². The number of aryl methyl sites for hydroxylation is 2. The molecule has 0 saturated heterocycles. The summed E-state index contributed by atoms with van der Waals surface area (Å²) in [6, 6.07) is 2.25. The number of rotatable bonds is 0. The fraction of sp³-hybridized carbons (Fsp3) is 0.455. The molecule has 1 aliphatic rings. The van der Waals surface area contributed by atoms with Crippen LogP contribution in [-0.4, -0.2) is 6.61 Å². The van der Waals surface area contributed by atoms with Crippen LogP contribution in [0.1, 0.15) is 22.3 Å². The van der Waals surface area contributed by atoms with Crippen LogP contribution in [-0.2, 0) is 6.42 Å². The van der Waals surface area contributed by atoms with Gasteiger partial charge < -0.3 is 4.74 Å². The van der Waals surface area contributed by atoms with E-state index in [0.29, 0.717) is 0 Å². The van der Waals surface area contributed by atoms with Crippen LogP contribution in [0, 0.1) is 20.8 Å². The lowest BCUT2D eigenvalue weighted by Gasteiger charge is -2.09. The van der Waals surface area contributed by atoms with Crippen molar-refractivity contribution in [1.29, 1.82) is 0 Å². The van der Waals surface area contributed by atoms with Gasteiger partial charge in [-0.15, -0.1) is 0 Å². The Labute approximate surface area is 73.4 Å². The molecule has 0 unspecified atom stereocenters. The number of benzene rings is 1. The van der Waals surface area contributed by atoms with Crippen LogP contribution in [0.25, 0.3) is 0 Å². The van der Waals surface area contributed by atoms with Crippen LogP contribution < -0.4 is 4.74 Å². The smallest absolute Gasteiger partial charge is 0.126 e. The van der Waals surface area contributed by atoms with Crippen LogP contribution in [0.3, 0.4) is 0 Å². The molecule has 2 rings (SSSR count). The molecular formula is C11H14O. The number of ether oxygens (including phenoxy) is 1. The summed E-state index contributed by atoms with van der Waals surface area (Å²) in [5.74, 6) is 1.15. The molecule has 0 radical (unpaired) electrons. The zero-order chi connectivity index (χ0) is 8.72. The van der Waals surface area contributed by atoms with E-state index in [-0.39, 0.29) is 0 Å². The molecule has 1 heterocycles. The van der Waals surface area contributed by atoms with Crippen molar-refractivity contribution in [2.75, 3.05) is 6.61 Å². The monoisotopic (exact) mass is 162 g/mol. The summed E-state index contributed by atoms with van der Waals surface area (Å²) in [6.07, 6.45) is 1.09. The maximum atomic E-state index is 5.59. The highest BCUT2D eigenvalue weighted by atomic mass is 16.5. The third-order valence-electron chi connectivity index (χ3n) is 2.71. The van der Waals surface area contributed by atoms with Gasteiger partial charge in [0.25, 0.3) is 0 Å². The summed E-state index contributed by atoms with van der Waals surface area (Å²) in [5, 5.41) is 0. The van der Waals surface area contributed by atoms with Gasteiger partial charge in [-0.2, -0.15) is 0 Å². The highest BCUT2D eigenvalue weighted by Crippen LogP contribution is 2.33. The third-order valence-corrected chi connectivity index (χ3v) is 2.71. The summed E-state index contributed by atoms with van der Waals surface area (Å²) in [4.78, 5) is 0. The second-order valence-electron chi connectivity index (χ2n) is 3.54. The summed E-state index contributed by atoms with van der Waals surface area (Å²) in [7, 11) is 0. The topological polar surface area (TPSA) is 9.23 Å². The van der Waals surface area contributed by atoms with Crippen LogP contribution >= 0.6 is 0 Å². The Kier molecular flexibility index (Phi) is 1.60. The summed E-state index contributed by atoms with van der Waals surface area (Å²) in [6.45, 7) is 7.31. The van der Waals surface area contributed by atoms with E-state index < -0.39 is 0 Å². The first-order valence-corrected chi connectivity index (χ1v) is 4.42. The van der Waals surface area contributed by atoms with Crippen LogP contribution in [0.5, 0.6) is 5.75 Å². The van der Waals surface area contributed by atoms with Crippen molar-refractivity contribution in [3.05, 3.63) is 28.3 Å². The van der Waals surface area contributed by atoms with Crippen molar-refractivity contribution in [1.82, 2.24) is 0 Å². The van der Waals surface area contributed by atoms with E-state index in [0.717, 1.165) is 18.8 Å². The lowest BCUT2D eigenvalue weighted by atomic mass is 9.99. The highest BCUT2D eigenvalue weighted by molar-refractivity contribution is 5.51. The molecule has 0 N–H and O–H groups in total. The van der Waals surface area contributed by atoms with E-state index in [2.05, 4.69) is 26.8 Å². The summed E-state index contributed by atoms with van der Waals surface area (Å²) >= 11 is 0. The molecule has 0 atom stereocenters. The zero-order valence-electron chi connectivity index (χ0n) is 7.90. The van der Waals surface area contributed by atoms with Gasteiger partial charge in [-0.25, -0.2) is 0 Å². The van der Waals surface area contributed by atoms with E-state index in [1.807, 2.05) is 0 Å². The molecule has 1 aromatic carbocycles. The largest absolute Gasteiger partial charge is 0.493 e. The lowest BCUT2D eigenvalue weighted by Crippen LogP contribution is -1.90. The molecule has 1 aromatic rings. The Hall–Kier alpha value is -0.980. The summed E-state index contributed by atoms with van der Waals surface area (Å²) < 4.78 is 5.59. The molecule has 0 aliphatic carbocycles. The number of fused-ring (bicyclic) bond motifs is 1. The standard InChI is InChI=1S/C11H14O/c1-7-6-8(2)10-4-5-12-11(10)9(7)3/h6H,4-5H2,1-3H3. The maximum Gasteiger partial charge on any atom is 0.126 e. The second-order valence-corrected chi connectivity index (χ2v) is 3.54. The Balaban J connectivity index is 2.69. The SMILES string of the molecule is Cc1cc(C)c2c(c1C)OCC2. The first-order chi connectivity index (χ1) is 5.70. The van der Waals surface area contributed by atoms with Gasteiger partial charge in [0.2, 0.25) is 0 Å². The predicted molar refractivity (Wildman–Crippen MR) is 49.9 cm³/mol. The van der Waals surface area contributed by atoms with Crippen molar-refractivity contribution in [2.45, 2.75) is 27.2 Å². The molecule has 64 valence electrons. The van der Waals surface area contributed by atoms with Crippen molar-refractivity contribution in [3.8, 4) is 5.75 Å². The average molecular weight is 162 g/mol. The molecule has 0 amide bonds. The third kappa shape index (κ3) is 0.927. The van der Waals surface area contributed by atoms with Gasteiger partial charge in [-0.1, -0.05) is 6.07 Å². The minimum absolute atomic E-state index is 0.862. The number of hydrogen-bond acceptors (Lipinski definition) is 1. The van der Waals surface area contributed by atoms with Crippen molar-refractivity contribution in [3.63, 3.8) is 0 Å². The van der Waals surface area contributed by atoms with Crippen molar-refractivity contribution in [2.24, 2.45) is 0 Å². The molecule has 0 fully saturated rings. The molecule has 1 nitrogen and oxygen atoms in total. The Bertz CT molecular complexity index is 326. The first-order valence-electron chi connectivity index (χ1n) is 4.42. The van der Waals surface area contributed by atoms with Crippen LogP contribution in [0.15, 0.2) is 6.07 Å². The van der Waals surface area contributed by atoms with Crippen molar-refractivity contribution < 1.29 is 4.74 Å². The van der Waals surface area contributed by atoms with E-state index >= 15 is 0 Å². The van der Waals surface area contributed by atoms with E-state index in [1.54, 1.807) is 0 Å². The Morgan fingerprint density at radius 3 is 2.67 bits per heavy atom. The molecule has 0 aromatic heterocycles. The van der Waals surface area contributed by atoms with Crippen molar-refractivity contribution >= 4 is 0 Å². The molecule has 0 bridgehead atoms. The Morgan fingerprint density at radius 2 is 1.92 bits per heavy atom. The minimum Gasteiger partial charge on any atom is -0.493 e. The molecule has 1 heteroatoms. The molecule has 12 heavy (non-hydrogen) atoms. The Morgan fingerprint density at radius 1 is 1.17 bits per heavy atom. The lowest BCUT2D eigenvalue weighted by molar-refractivity contribution is 0.354.